The third-order valence-corrected chi connectivity index (χ3v) is 4.05. The van der Waals surface area contributed by atoms with Gasteiger partial charge in [-0.15, -0.1) is 0 Å². The summed E-state index contributed by atoms with van der Waals surface area (Å²) in [6.07, 6.45) is 0.616. The van der Waals surface area contributed by atoms with Crippen molar-refractivity contribution in [3.05, 3.63) is 35.4 Å². The Hall–Kier alpha value is -1.88. The van der Waals surface area contributed by atoms with Gasteiger partial charge in [-0.3, -0.25) is 4.79 Å². The number of carbonyl (C=O) groups is 2. The first-order chi connectivity index (χ1) is 9.65. The van der Waals surface area contributed by atoms with E-state index in [2.05, 4.69) is 12.1 Å². The SMILES string of the molecule is O=C(O)C1CN(C(=O)C2Cc3ccccc3C2)CCO1. The third kappa shape index (κ3) is 2.41. The van der Waals surface area contributed by atoms with Gasteiger partial charge in [0.1, 0.15) is 0 Å². The fraction of sp³-hybridized carbons (Fsp3) is 0.467. The number of rotatable bonds is 2. The lowest BCUT2D eigenvalue weighted by molar-refractivity contribution is -0.160. The van der Waals surface area contributed by atoms with E-state index in [1.807, 2.05) is 12.1 Å². The maximum Gasteiger partial charge on any atom is 0.334 e. The number of hydrogen-bond acceptors (Lipinski definition) is 3. The van der Waals surface area contributed by atoms with Gasteiger partial charge in [-0.2, -0.15) is 0 Å². The molecule has 1 saturated heterocycles. The number of carboxylic acid groups (broad SMARTS) is 1. The first-order valence-electron chi connectivity index (χ1n) is 6.85. The van der Waals surface area contributed by atoms with Crippen LogP contribution in [0.15, 0.2) is 24.3 Å². The highest BCUT2D eigenvalue weighted by atomic mass is 16.5. The zero-order valence-electron chi connectivity index (χ0n) is 11.1. The first kappa shape index (κ1) is 13.1. The van der Waals surface area contributed by atoms with Crippen LogP contribution in [-0.2, 0) is 27.2 Å². The van der Waals surface area contributed by atoms with Crippen molar-refractivity contribution in [1.82, 2.24) is 4.90 Å². The lowest BCUT2D eigenvalue weighted by Gasteiger charge is -2.32. The van der Waals surface area contributed by atoms with Gasteiger partial charge in [0.2, 0.25) is 5.91 Å². The molecule has 5 nitrogen and oxygen atoms in total. The number of fused-ring (bicyclic) bond motifs is 1. The summed E-state index contributed by atoms with van der Waals surface area (Å²) < 4.78 is 5.15. The van der Waals surface area contributed by atoms with E-state index in [0.29, 0.717) is 13.2 Å². The highest BCUT2D eigenvalue weighted by molar-refractivity contribution is 5.82. The molecular formula is C15H17NO4. The van der Waals surface area contributed by atoms with E-state index in [-0.39, 0.29) is 18.4 Å². The number of carboxylic acids is 1. The number of amides is 1. The van der Waals surface area contributed by atoms with E-state index >= 15 is 0 Å². The summed E-state index contributed by atoms with van der Waals surface area (Å²) in [6, 6.07) is 8.09. The first-order valence-corrected chi connectivity index (χ1v) is 6.85. The van der Waals surface area contributed by atoms with Gasteiger partial charge < -0.3 is 14.7 Å². The minimum absolute atomic E-state index is 0.0516. The summed E-state index contributed by atoms with van der Waals surface area (Å²) in [4.78, 5) is 25.1. The number of morpholine rings is 1. The number of carbonyl (C=O) groups excluding carboxylic acids is 1. The second-order valence-corrected chi connectivity index (χ2v) is 5.36. The fourth-order valence-electron chi connectivity index (χ4n) is 2.99. The predicted octanol–water partition coefficient (Wildman–Crippen LogP) is 0.713. The maximum atomic E-state index is 12.5. The molecule has 1 aromatic carbocycles. The standard InChI is InChI=1S/C15H17NO4/c17-14(16-5-6-20-13(9-16)15(18)19)12-7-10-3-1-2-4-11(10)8-12/h1-4,12-13H,5-9H2,(H,18,19). The van der Waals surface area contributed by atoms with E-state index in [0.717, 1.165) is 12.8 Å². The van der Waals surface area contributed by atoms with Gasteiger partial charge >= 0.3 is 5.97 Å². The minimum atomic E-state index is -1.00. The van der Waals surface area contributed by atoms with Crippen LogP contribution in [0.5, 0.6) is 0 Å². The van der Waals surface area contributed by atoms with E-state index < -0.39 is 12.1 Å². The van der Waals surface area contributed by atoms with Crippen molar-refractivity contribution in [2.24, 2.45) is 5.92 Å². The number of nitrogens with zero attached hydrogens (tertiary/aromatic N) is 1. The molecule has 5 heteroatoms. The second-order valence-electron chi connectivity index (χ2n) is 5.36. The summed E-state index contributed by atoms with van der Waals surface area (Å²) in [7, 11) is 0. The molecule has 1 aliphatic heterocycles. The Balaban J connectivity index is 1.67. The highest BCUT2D eigenvalue weighted by Crippen LogP contribution is 2.28. The average molecular weight is 275 g/mol. The van der Waals surface area contributed by atoms with Crippen molar-refractivity contribution >= 4 is 11.9 Å². The lowest BCUT2D eigenvalue weighted by Crippen LogP contribution is -2.50. The molecule has 1 N–H and O–H groups in total. The van der Waals surface area contributed by atoms with Gasteiger partial charge in [-0.05, 0) is 24.0 Å². The van der Waals surface area contributed by atoms with Crippen LogP contribution in [0.25, 0.3) is 0 Å². The van der Waals surface area contributed by atoms with E-state index in [1.165, 1.54) is 11.1 Å². The van der Waals surface area contributed by atoms with Crippen molar-refractivity contribution in [3.63, 3.8) is 0 Å². The quantitative estimate of drug-likeness (QED) is 0.863. The number of aliphatic carboxylic acids is 1. The van der Waals surface area contributed by atoms with Crippen molar-refractivity contribution < 1.29 is 19.4 Å². The van der Waals surface area contributed by atoms with E-state index in [1.54, 1.807) is 4.90 Å². The summed E-state index contributed by atoms with van der Waals surface area (Å²) in [6.45, 7) is 0.929. The fourth-order valence-corrected chi connectivity index (χ4v) is 2.99. The highest BCUT2D eigenvalue weighted by Gasteiger charge is 2.34. The Morgan fingerprint density at radius 3 is 2.45 bits per heavy atom. The molecule has 0 radical (unpaired) electrons. The molecule has 1 fully saturated rings. The Labute approximate surface area is 117 Å². The molecule has 106 valence electrons. The Morgan fingerprint density at radius 2 is 1.85 bits per heavy atom. The van der Waals surface area contributed by atoms with Gasteiger partial charge in [0.25, 0.3) is 0 Å². The molecule has 0 spiro atoms. The molecule has 1 unspecified atom stereocenters. The zero-order chi connectivity index (χ0) is 14.1. The predicted molar refractivity (Wildman–Crippen MR) is 71.3 cm³/mol. The molecule has 0 saturated carbocycles. The normalized spacial score (nSPS) is 22.6. The van der Waals surface area contributed by atoms with Crippen LogP contribution in [0, 0.1) is 5.92 Å². The van der Waals surface area contributed by atoms with E-state index in [4.69, 9.17) is 9.84 Å². The zero-order valence-corrected chi connectivity index (χ0v) is 11.1. The van der Waals surface area contributed by atoms with Crippen molar-refractivity contribution in [2.75, 3.05) is 19.7 Å². The molecule has 1 aromatic rings. The molecular weight excluding hydrogens is 258 g/mol. The van der Waals surface area contributed by atoms with Crippen molar-refractivity contribution in [1.29, 1.82) is 0 Å². The Morgan fingerprint density at radius 1 is 1.20 bits per heavy atom. The molecule has 1 atom stereocenters. The van der Waals surface area contributed by atoms with Gasteiger partial charge in [-0.1, -0.05) is 24.3 Å². The average Bonchev–Trinajstić information content (AvgIpc) is 2.90. The minimum Gasteiger partial charge on any atom is -0.479 e. The van der Waals surface area contributed by atoms with Crippen molar-refractivity contribution in [2.45, 2.75) is 18.9 Å². The van der Waals surface area contributed by atoms with Crippen LogP contribution in [0.4, 0.5) is 0 Å². The molecule has 0 bridgehead atoms. The van der Waals surface area contributed by atoms with Crippen LogP contribution in [0.1, 0.15) is 11.1 Å². The topological polar surface area (TPSA) is 66.8 Å². The summed E-state index contributed by atoms with van der Waals surface area (Å²) >= 11 is 0. The summed E-state index contributed by atoms with van der Waals surface area (Å²) in [5.74, 6) is -1.01. The molecule has 1 aliphatic carbocycles. The van der Waals surface area contributed by atoms with Gasteiger partial charge in [0.15, 0.2) is 6.10 Å². The Bertz CT molecular complexity index is 517. The van der Waals surface area contributed by atoms with Crippen LogP contribution in [-0.4, -0.2) is 47.7 Å². The monoisotopic (exact) mass is 275 g/mol. The maximum absolute atomic E-state index is 12.5. The molecule has 2 aliphatic rings. The van der Waals surface area contributed by atoms with Gasteiger partial charge in [0.05, 0.1) is 13.2 Å². The van der Waals surface area contributed by atoms with E-state index in [9.17, 15) is 9.59 Å². The molecule has 1 heterocycles. The number of benzene rings is 1. The van der Waals surface area contributed by atoms with Crippen molar-refractivity contribution in [3.8, 4) is 0 Å². The Kier molecular flexibility index (Phi) is 3.44. The molecule has 0 aromatic heterocycles. The van der Waals surface area contributed by atoms with Crippen LogP contribution < -0.4 is 0 Å². The molecule has 1 amide bonds. The van der Waals surface area contributed by atoms with Gasteiger partial charge in [0, 0.05) is 12.5 Å². The van der Waals surface area contributed by atoms with Crippen LogP contribution >= 0.6 is 0 Å². The lowest BCUT2D eigenvalue weighted by atomic mass is 10.0. The molecule has 20 heavy (non-hydrogen) atoms. The third-order valence-electron chi connectivity index (χ3n) is 4.05. The smallest absolute Gasteiger partial charge is 0.334 e. The molecule has 3 rings (SSSR count). The summed E-state index contributed by atoms with van der Waals surface area (Å²) in [5.41, 5.74) is 2.46. The largest absolute Gasteiger partial charge is 0.479 e. The number of ether oxygens (including phenoxy) is 1. The summed E-state index contributed by atoms with van der Waals surface area (Å²) in [5, 5.41) is 8.98. The van der Waals surface area contributed by atoms with Crippen LogP contribution in [0.3, 0.4) is 0 Å². The van der Waals surface area contributed by atoms with Gasteiger partial charge in [-0.25, -0.2) is 4.79 Å². The van der Waals surface area contributed by atoms with Crippen LogP contribution in [0.2, 0.25) is 0 Å². The second kappa shape index (κ2) is 5.25. The number of hydrogen-bond donors (Lipinski definition) is 1.